The Kier molecular flexibility index (Phi) is 10.4. The van der Waals surface area contributed by atoms with E-state index < -0.39 is 11.1 Å². The lowest BCUT2D eigenvalue weighted by Crippen LogP contribution is -2.51. The zero-order valence-corrected chi connectivity index (χ0v) is 21.9. The second-order valence-corrected chi connectivity index (χ2v) is 10.1. The first-order valence-corrected chi connectivity index (χ1v) is 14.2. The minimum absolute atomic E-state index is 0.126. The lowest BCUT2D eigenvalue weighted by atomic mass is 9.72. The number of aromatic nitrogens is 2. The first-order valence-electron chi connectivity index (χ1n) is 14.2. The van der Waals surface area contributed by atoms with E-state index in [0.717, 1.165) is 35.7 Å². The maximum atomic E-state index is 12.4. The normalized spacial score (nSPS) is 29.4. The zero-order chi connectivity index (χ0) is 24.5. The van der Waals surface area contributed by atoms with Crippen molar-refractivity contribution in [3.8, 4) is 0 Å². The summed E-state index contributed by atoms with van der Waals surface area (Å²) in [4.78, 5) is 27.0. The van der Waals surface area contributed by atoms with E-state index in [-0.39, 0.29) is 6.04 Å². The highest BCUT2D eigenvalue weighted by Gasteiger charge is 2.33. The third kappa shape index (κ3) is 6.41. The Balaban J connectivity index is 0.000000208. The number of H-pyrrole nitrogens is 1. The molecule has 3 heterocycles. The van der Waals surface area contributed by atoms with Crippen molar-refractivity contribution in [2.24, 2.45) is 11.8 Å². The van der Waals surface area contributed by atoms with E-state index in [1.165, 1.54) is 32.1 Å². The number of piperidine rings is 2. The Morgan fingerprint density at radius 2 is 1.26 bits per heavy atom. The van der Waals surface area contributed by atoms with Gasteiger partial charge in [-0.1, -0.05) is 84.8 Å². The van der Waals surface area contributed by atoms with E-state index in [4.69, 9.17) is 0 Å². The highest BCUT2D eigenvalue weighted by molar-refractivity contribution is 5.74. The lowest BCUT2D eigenvalue weighted by Gasteiger charge is -2.41. The highest BCUT2D eigenvalue weighted by atomic mass is 16.2. The summed E-state index contributed by atoms with van der Waals surface area (Å²) in [5, 5.41) is 3.63. The van der Waals surface area contributed by atoms with Gasteiger partial charge < -0.3 is 10.3 Å². The molecule has 0 radical (unpaired) electrons. The number of aromatic amines is 1. The van der Waals surface area contributed by atoms with Gasteiger partial charge in [-0.15, -0.1) is 0 Å². The molecule has 4 fully saturated rings. The minimum Gasteiger partial charge on any atom is -0.316 e. The summed E-state index contributed by atoms with van der Waals surface area (Å²) < 4.78 is 1.74. The second-order valence-electron chi connectivity index (χ2n) is 10.1. The predicted molar refractivity (Wildman–Crippen MR) is 144 cm³/mol. The van der Waals surface area contributed by atoms with Gasteiger partial charge in [-0.2, -0.15) is 0 Å². The molecule has 4 aliphatic rings. The zero-order valence-electron chi connectivity index (χ0n) is 21.9. The van der Waals surface area contributed by atoms with Crippen molar-refractivity contribution in [2.75, 3.05) is 0 Å². The summed E-state index contributed by atoms with van der Waals surface area (Å²) in [6.45, 7) is 8.00. The van der Waals surface area contributed by atoms with Gasteiger partial charge in [0.25, 0.3) is 0 Å². The molecule has 2 saturated carbocycles. The number of hydrogen-bond donors (Lipinski definition) is 2. The van der Waals surface area contributed by atoms with Gasteiger partial charge in [0.1, 0.15) is 0 Å². The van der Waals surface area contributed by atoms with Crippen molar-refractivity contribution >= 4 is 11.0 Å². The number of nitrogens with one attached hydrogen (secondary N) is 2. The molecule has 2 aliphatic carbocycles. The fourth-order valence-electron chi connectivity index (χ4n) is 6.61. The topological polar surface area (TPSA) is 66.9 Å². The monoisotopic (exact) mass is 469 g/mol. The quantitative estimate of drug-likeness (QED) is 0.465. The minimum atomic E-state index is -0.516. The van der Waals surface area contributed by atoms with Gasteiger partial charge in [-0.05, 0) is 56.1 Å². The number of para-hydroxylation sites is 2. The first kappa shape index (κ1) is 26.7. The molecule has 2 aliphatic heterocycles. The van der Waals surface area contributed by atoms with E-state index in [2.05, 4.69) is 10.3 Å². The van der Waals surface area contributed by atoms with Crippen molar-refractivity contribution in [2.45, 2.75) is 123 Å². The second kappa shape index (κ2) is 13.3. The van der Waals surface area contributed by atoms with E-state index in [1.54, 1.807) is 36.7 Å². The van der Waals surface area contributed by atoms with E-state index >= 15 is 0 Å². The van der Waals surface area contributed by atoms with Crippen molar-refractivity contribution in [3.05, 3.63) is 45.0 Å². The van der Waals surface area contributed by atoms with Crippen LogP contribution >= 0.6 is 0 Å². The molecule has 2 saturated heterocycles. The molecule has 2 unspecified atom stereocenters. The molecule has 34 heavy (non-hydrogen) atoms. The fraction of sp³-hybridized carbons (Fsp3) is 0.724. The molecule has 5 nitrogen and oxygen atoms in total. The smallest absolute Gasteiger partial charge is 0.316 e. The molecule has 6 rings (SSSR count). The fourth-order valence-corrected chi connectivity index (χ4v) is 6.61. The van der Waals surface area contributed by atoms with Crippen molar-refractivity contribution in [1.29, 1.82) is 0 Å². The Morgan fingerprint density at radius 1 is 0.735 bits per heavy atom. The summed E-state index contributed by atoms with van der Waals surface area (Å²) >= 11 is 0. The molecule has 190 valence electrons. The lowest BCUT2D eigenvalue weighted by molar-refractivity contribution is 0.188. The molecule has 2 atom stereocenters. The molecule has 1 aromatic heterocycles. The maximum Gasteiger partial charge on any atom is 0.316 e. The van der Waals surface area contributed by atoms with Crippen molar-refractivity contribution in [1.82, 2.24) is 14.9 Å². The number of nitrogens with zero attached hydrogens (tertiary/aromatic N) is 1. The molecular weight excluding hydrogens is 422 g/mol. The van der Waals surface area contributed by atoms with Crippen LogP contribution in [0, 0.1) is 11.8 Å². The molecule has 4 bridgehead atoms. The van der Waals surface area contributed by atoms with Crippen LogP contribution in [0.4, 0.5) is 0 Å². The maximum absolute atomic E-state index is 12.4. The van der Waals surface area contributed by atoms with Crippen LogP contribution in [-0.2, 0) is 0 Å². The number of hydrogen-bond acceptors (Lipinski definition) is 3. The Bertz CT molecular complexity index is 963. The van der Waals surface area contributed by atoms with Crippen LogP contribution < -0.4 is 16.4 Å². The van der Waals surface area contributed by atoms with E-state index in [1.807, 2.05) is 52.0 Å². The first-order chi connectivity index (χ1) is 16.7. The third-order valence-corrected chi connectivity index (χ3v) is 8.00. The standard InChI is InChI=1S/C16H19N3O2.C9H16.2C2H6/c20-15-16(21)19(14-7-2-1-6-13(14)18-15)12-8-10-4-3-5-11(9-12)17-10;1-3-8-5-2-6-9(4-1)7-8;2*1-2/h1-2,6-7,10-12,17H,3-5,8-9H2,(H,18,20);8-9H,1-7H2;2*1-2H3. The molecule has 0 amide bonds. The van der Waals surface area contributed by atoms with Crippen LogP contribution in [0.3, 0.4) is 0 Å². The molecule has 2 N–H and O–H groups in total. The summed E-state index contributed by atoms with van der Waals surface area (Å²) in [5.41, 5.74) is 0.647. The van der Waals surface area contributed by atoms with Crippen molar-refractivity contribution < 1.29 is 0 Å². The molecule has 1 aromatic carbocycles. The van der Waals surface area contributed by atoms with Crippen LogP contribution in [0.25, 0.3) is 11.0 Å². The van der Waals surface area contributed by atoms with Crippen LogP contribution in [-0.4, -0.2) is 21.6 Å². The summed E-state index contributed by atoms with van der Waals surface area (Å²) in [6.07, 6.45) is 16.3. The summed E-state index contributed by atoms with van der Waals surface area (Å²) in [7, 11) is 0. The number of rotatable bonds is 1. The van der Waals surface area contributed by atoms with Crippen LogP contribution in [0.5, 0.6) is 0 Å². The van der Waals surface area contributed by atoms with Gasteiger partial charge in [0.15, 0.2) is 0 Å². The SMILES string of the molecule is C1CC2CCCC(C1)C2.CC.CC.O=c1[nH]c2ccccc2n(C2CC3CCCC(C2)N3)c1=O. The Labute approximate surface area is 205 Å². The van der Waals surface area contributed by atoms with Gasteiger partial charge in [0, 0.05) is 18.1 Å². The largest absolute Gasteiger partial charge is 0.316 e. The van der Waals surface area contributed by atoms with Gasteiger partial charge >= 0.3 is 11.1 Å². The van der Waals surface area contributed by atoms with Crippen LogP contribution in [0.2, 0.25) is 0 Å². The van der Waals surface area contributed by atoms with Gasteiger partial charge in [0.05, 0.1) is 11.0 Å². The Hall–Kier alpha value is -1.88. The number of benzene rings is 1. The summed E-state index contributed by atoms with van der Waals surface area (Å²) in [6, 6.07) is 8.66. The van der Waals surface area contributed by atoms with Crippen molar-refractivity contribution in [3.63, 3.8) is 0 Å². The summed E-state index contributed by atoms with van der Waals surface area (Å²) in [5.74, 6) is 2.30. The highest BCUT2D eigenvalue weighted by Crippen LogP contribution is 2.39. The van der Waals surface area contributed by atoms with E-state index in [9.17, 15) is 9.59 Å². The van der Waals surface area contributed by atoms with Crippen LogP contribution in [0.1, 0.15) is 111 Å². The average Bonchev–Trinajstić information content (AvgIpc) is 2.87. The molecule has 0 spiro atoms. The third-order valence-electron chi connectivity index (χ3n) is 8.00. The predicted octanol–water partition coefficient (Wildman–Crippen LogP) is 6.56. The van der Waals surface area contributed by atoms with Gasteiger partial charge in [-0.3, -0.25) is 14.2 Å². The van der Waals surface area contributed by atoms with Gasteiger partial charge in [-0.25, -0.2) is 0 Å². The van der Waals surface area contributed by atoms with E-state index in [0.29, 0.717) is 12.1 Å². The average molecular weight is 470 g/mol. The molecule has 2 aromatic rings. The Morgan fingerprint density at radius 3 is 1.82 bits per heavy atom. The van der Waals surface area contributed by atoms with Crippen LogP contribution in [0.15, 0.2) is 33.9 Å². The number of fused-ring (bicyclic) bond motifs is 5. The van der Waals surface area contributed by atoms with Gasteiger partial charge in [0.2, 0.25) is 0 Å². The molecule has 5 heteroatoms. The molecular formula is C29H47N3O2.